The van der Waals surface area contributed by atoms with E-state index in [0.717, 1.165) is 31.2 Å². The minimum absolute atomic E-state index is 0.186. The number of aliphatic hydroxyl groups is 1. The molecule has 0 fully saturated rings. The summed E-state index contributed by atoms with van der Waals surface area (Å²) in [6.45, 7) is 6.19. The van der Waals surface area contributed by atoms with Gasteiger partial charge in [-0.2, -0.15) is 0 Å². The van der Waals surface area contributed by atoms with Gasteiger partial charge in [-0.05, 0) is 37.0 Å². The maximum Gasteiger partial charge on any atom is 0.290 e. The average molecular weight is 359 g/mol. The van der Waals surface area contributed by atoms with Crippen molar-refractivity contribution in [1.29, 1.82) is 0 Å². The number of nitrogens with zero attached hydrogens (tertiary/aromatic N) is 1. The number of carbonyl (C=O) groups is 2. The van der Waals surface area contributed by atoms with E-state index in [4.69, 9.17) is 4.74 Å². The van der Waals surface area contributed by atoms with Crippen LogP contribution in [-0.2, 0) is 9.59 Å². The second-order valence-electron chi connectivity index (χ2n) is 6.87. The Kier molecular flexibility index (Phi) is 6.83. The number of Topliss-reactive ketones (excluding diaryl/α,β-unsaturated/α-hetero) is 1. The number of amides is 1. The monoisotopic (exact) mass is 359 g/mol. The largest absolute Gasteiger partial charge is 0.503 e. The lowest BCUT2D eigenvalue weighted by molar-refractivity contribution is -0.130. The van der Waals surface area contributed by atoms with Crippen LogP contribution in [0.15, 0.2) is 35.6 Å². The summed E-state index contributed by atoms with van der Waals surface area (Å²) in [7, 11) is 1.59. The zero-order valence-corrected chi connectivity index (χ0v) is 16.1. The standard InChI is InChI=1S/C21H29NO4/c1-5-7-8-15(6-2)13-22-19(16-9-11-17(26-4)12-10-16)18(14(3)23)20(24)21(22)25/h9-12,15,19,24H,5-8,13H2,1-4H3/t15-,19-/m0/s1. The second-order valence-corrected chi connectivity index (χ2v) is 6.87. The van der Waals surface area contributed by atoms with Crippen molar-refractivity contribution in [3.63, 3.8) is 0 Å². The highest BCUT2D eigenvalue weighted by Crippen LogP contribution is 2.39. The Hall–Kier alpha value is -2.30. The van der Waals surface area contributed by atoms with Crippen molar-refractivity contribution in [1.82, 2.24) is 4.90 Å². The van der Waals surface area contributed by atoms with Gasteiger partial charge in [0.15, 0.2) is 11.5 Å². The second kappa shape index (κ2) is 8.88. The van der Waals surface area contributed by atoms with E-state index in [2.05, 4.69) is 13.8 Å². The third-order valence-electron chi connectivity index (χ3n) is 5.11. The molecule has 1 N–H and O–H groups in total. The van der Waals surface area contributed by atoms with E-state index in [9.17, 15) is 14.7 Å². The van der Waals surface area contributed by atoms with E-state index >= 15 is 0 Å². The van der Waals surface area contributed by atoms with Crippen molar-refractivity contribution >= 4 is 11.7 Å². The lowest BCUT2D eigenvalue weighted by Gasteiger charge is -2.30. The number of unbranched alkanes of at least 4 members (excludes halogenated alkanes) is 1. The summed E-state index contributed by atoms with van der Waals surface area (Å²) in [5.41, 5.74) is 0.990. The smallest absolute Gasteiger partial charge is 0.290 e. The van der Waals surface area contributed by atoms with E-state index in [1.54, 1.807) is 24.1 Å². The maximum absolute atomic E-state index is 12.7. The van der Waals surface area contributed by atoms with Gasteiger partial charge in [-0.3, -0.25) is 9.59 Å². The molecule has 5 heteroatoms. The fraction of sp³-hybridized carbons (Fsp3) is 0.524. The average Bonchev–Trinajstić information content (AvgIpc) is 2.89. The van der Waals surface area contributed by atoms with Crippen LogP contribution in [0.5, 0.6) is 5.75 Å². The summed E-state index contributed by atoms with van der Waals surface area (Å²) >= 11 is 0. The van der Waals surface area contributed by atoms with E-state index in [1.165, 1.54) is 6.92 Å². The first kappa shape index (κ1) is 20.0. The zero-order chi connectivity index (χ0) is 19.3. The first-order chi connectivity index (χ1) is 12.4. The summed E-state index contributed by atoms with van der Waals surface area (Å²) in [6.07, 6.45) is 4.19. The highest BCUT2D eigenvalue weighted by atomic mass is 16.5. The Balaban J connectivity index is 2.38. The molecule has 5 nitrogen and oxygen atoms in total. The van der Waals surface area contributed by atoms with E-state index in [1.807, 2.05) is 12.1 Å². The minimum Gasteiger partial charge on any atom is -0.503 e. The molecule has 1 aromatic carbocycles. The molecular weight excluding hydrogens is 330 g/mol. The van der Waals surface area contributed by atoms with Gasteiger partial charge in [0.2, 0.25) is 0 Å². The molecule has 26 heavy (non-hydrogen) atoms. The fourth-order valence-corrected chi connectivity index (χ4v) is 3.53. The van der Waals surface area contributed by atoms with Gasteiger partial charge in [-0.15, -0.1) is 0 Å². The molecule has 1 aliphatic rings. The van der Waals surface area contributed by atoms with Gasteiger partial charge in [-0.25, -0.2) is 0 Å². The van der Waals surface area contributed by atoms with Crippen LogP contribution in [0.2, 0.25) is 0 Å². The Morgan fingerprint density at radius 1 is 1.27 bits per heavy atom. The van der Waals surface area contributed by atoms with Crippen molar-refractivity contribution in [2.75, 3.05) is 13.7 Å². The third-order valence-corrected chi connectivity index (χ3v) is 5.11. The van der Waals surface area contributed by atoms with Crippen LogP contribution >= 0.6 is 0 Å². The van der Waals surface area contributed by atoms with Gasteiger partial charge in [0.05, 0.1) is 18.7 Å². The first-order valence-corrected chi connectivity index (χ1v) is 9.33. The van der Waals surface area contributed by atoms with Crippen molar-refractivity contribution in [2.24, 2.45) is 5.92 Å². The molecular formula is C21H29NO4. The van der Waals surface area contributed by atoms with Crippen molar-refractivity contribution in [3.8, 4) is 5.75 Å². The summed E-state index contributed by atoms with van der Waals surface area (Å²) in [5, 5.41) is 10.3. The molecule has 0 aliphatic carbocycles. The first-order valence-electron chi connectivity index (χ1n) is 9.33. The molecule has 1 aliphatic heterocycles. The number of rotatable bonds is 9. The molecule has 0 unspecified atom stereocenters. The summed E-state index contributed by atoms with van der Waals surface area (Å²) < 4.78 is 5.19. The van der Waals surface area contributed by atoms with E-state index < -0.39 is 17.7 Å². The number of benzene rings is 1. The molecule has 0 saturated heterocycles. The van der Waals surface area contributed by atoms with Crippen molar-refractivity contribution in [3.05, 3.63) is 41.2 Å². The number of ether oxygens (including phenoxy) is 1. The highest BCUT2D eigenvalue weighted by molar-refractivity contribution is 6.08. The number of hydrogen-bond acceptors (Lipinski definition) is 4. The molecule has 1 aromatic rings. The van der Waals surface area contributed by atoms with Gasteiger partial charge in [-0.1, -0.05) is 45.2 Å². The van der Waals surface area contributed by atoms with Gasteiger partial charge >= 0.3 is 0 Å². The van der Waals surface area contributed by atoms with Gasteiger partial charge < -0.3 is 14.7 Å². The Morgan fingerprint density at radius 2 is 1.92 bits per heavy atom. The summed E-state index contributed by atoms with van der Waals surface area (Å²) in [4.78, 5) is 26.5. The fourth-order valence-electron chi connectivity index (χ4n) is 3.53. The summed E-state index contributed by atoms with van der Waals surface area (Å²) in [6, 6.07) is 6.76. The predicted octanol–water partition coefficient (Wildman–Crippen LogP) is 4.20. The van der Waals surface area contributed by atoms with Gasteiger partial charge in [0.1, 0.15) is 5.75 Å². The number of hydrogen-bond donors (Lipinski definition) is 1. The van der Waals surface area contributed by atoms with Crippen LogP contribution < -0.4 is 4.74 Å². The predicted molar refractivity (Wildman–Crippen MR) is 101 cm³/mol. The molecule has 0 bridgehead atoms. The minimum atomic E-state index is -0.540. The van der Waals surface area contributed by atoms with Gasteiger partial charge in [0, 0.05) is 6.54 Å². The van der Waals surface area contributed by atoms with Crippen LogP contribution in [0, 0.1) is 5.92 Å². The molecule has 0 saturated carbocycles. The number of methoxy groups -OCH3 is 1. The third kappa shape index (κ3) is 4.09. The molecule has 0 aromatic heterocycles. The van der Waals surface area contributed by atoms with Crippen molar-refractivity contribution < 1.29 is 19.4 Å². The lowest BCUT2D eigenvalue weighted by atomic mass is 9.94. The van der Waals surface area contributed by atoms with Crippen LogP contribution in [0.25, 0.3) is 0 Å². The molecule has 0 radical (unpaired) electrons. The number of carbonyl (C=O) groups excluding carboxylic acids is 2. The molecule has 1 amide bonds. The lowest BCUT2D eigenvalue weighted by Crippen LogP contribution is -2.35. The quantitative estimate of drug-likeness (QED) is 0.718. The Labute approximate surface area is 155 Å². The van der Waals surface area contributed by atoms with Crippen LogP contribution in [-0.4, -0.2) is 35.4 Å². The molecule has 142 valence electrons. The molecule has 1 heterocycles. The van der Waals surface area contributed by atoms with E-state index in [0.29, 0.717) is 18.2 Å². The summed E-state index contributed by atoms with van der Waals surface area (Å²) in [5.74, 6) is -0.0919. The zero-order valence-electron chi connectivity index (χ0n) is 16.1. The molecule has 0 spiro atoms. The Bertz CT molecular complexity index is 678. The number of ketones is 1. The SMILES string of the molecule is CCCC[C@H](CC)CN1C(=O)C(O)=C(C(C)=O)[C@@H]1c1ccc(OC)cc1. The van der Waals surface area contributed by atoms with E-state index in [-0.39, 0.29) is 11.4 Å². The topological polar surface area (TPSA) is 66.8 Å². The maximum atomic E-state index is 12.7. The van der Waals surface area contributed by atoms with Crippen LogP contribution in [0.1, 0.15) is 58.1 Å². The normalized spacial score (nSPS) is 18.4. The molecule has 2 atom stereocenters. The van der Waals surface area contributed by atoms with Crippen LogP contribution in [0.3, 0.4) is 0 Å². The number of aliphatic hydroxyl groups excluding tert-OH is 1. The van der Waals surface area contributed by atoms with Crippen LogP contribution in [0.4, 0.5) is 0 Å². The van der Waals surface area contributed by atoms with Crippen molar-refractivity contribution in [2.45, 2.75) is 52.5 Å². The van der Waals surface area contributed by atoms with Gasteiger partial charge in [0.25, 0.3) is 5.91 Å². The Morgan fingerprint density at radius 3 is 2.42 bits per heavy atom. The molecule has 2 rings (SSSR count). The highest BCUT2D eigenvalue weighted by Gasteiger charge is 2.42.